The largest absolute Gasteiger partial charge is 0.506 e. The standard InChI is InChI=1S/C37H41N5O8/c1-37(2,3)36(50)41-27(19-23-13-9-6-10-14-23)33(47)40-26(18-22-11-7-5-8-12-22)32(46)38-20-24-15-16-28-25(17-24)31(45)30(35(49)42(28)4)34(48)39-21-29(43)44/h5-17,26-27,45H,18-21H2,1-4H3,(H,38,46)(H,39,48)(H,40,47)(H,41,50)(H,43,44)/t26-,27-/m0/s1. The molecule has 0 aliphatic carbocycles. The second-order valence-electron chi connectivity index (χ2n) is 13.0. The summed E-state index contributed by atoms with van der Waals surface area (Å²) in [6, 6.07) is 21.0. The molecule has 2 atom stereocenters. The van der Waals surface area contributed by atoms with E-state index in [1.54, 1.807) is 32.9 Å². The Balaban J connectivity index is 1.58. The van der Waals surface area contributed by atoms with Gasteiger partial charge in [-0.05, 0) is 28.8 Å². The van der Waals surface area contributed by atoms with Gasteiger partial charge >= 0.3 is 5.97 Å². The molecule has 6 N–H and O–H groups in total. The van der Waals surface area contributed by atoms with Crippen LogP contribution in [0.25, 0.3) is 10.9 Å². The highest BCUT2D eigenvalue weighted by atomic mass is 16.4. The van der Waals surface area contributed by atoms with Crippen LogP contribution in [0.2, 0.25) is 0 Å². The first kappa shape index (κ1) is 36.8. The Labute approximate surface area is 288 Å². The number of hydrogen-bond acceptors (Lipinski definition) is 7. The summed E-state index contributed by atoms with van der Waals surface area (Å²) in [7, 11) is 1.41. The Bertz CT molecular complexity index is 1950. The van der Waals surface area contributed by atoms with Crippen LogP contribution in [-0.4, -0.2) is 63.0 Å². The lowest BCUT2D eigenvalue weighted by Gasteiger charge is -2.26. The van der Waals surface area contributed by atoms with Crippen LogP contribution in [0.15, 0.2) is 83.7 Å². The van der Waals surface area contributed by atoms with Crippen molar-refractivity contribution in [3.63, 3.8) is 0 Å². The average molecular weight is 684 g/mol. The van der Waals surface area contributed by atoms with Crippen molar-refractivity contribution in [1.29, 1.82) is 0 Å². The molecule has 4 rings (SSSR count). The van der Waals surface area contributed by atoms with E-state index in [4.69, 9.17) is 5.11 Å². The summed E-state index contributed by atoms with van der Waals surface area (Å²) in [6.07, 6.45) is 0.354. The number of aromatic hydroxyl groups is 1. The first-order chi connectivity index (χ1) is 23.6. The van der Waals surface area contributed by atoms with E-state index in [1.807, 2.05) is 60.7 Å². The van der Waals surface area contributed by atoms with Gasteiger partial charge in [0.05, 0.1) is 5.52 Å². The van der Waals surface area contributed by atoms with E-state index in [0.29, 0.717) is 11.1 Å². The van der Waals surface area contributed by atoms with Gasteiger partial charge < -0.3 is 36.0 Å². The minimum Gasteiger partial charge on any atom is -0.506 e. The molecule has 1 aromatic heterocycles. The third-order valence-corrected chi connectivity index (χ3v) is 8.03. The molecular formula is C37H41N5O8. The van der Waals surface area contributed by atoms with Gasteiger partial charge in [-0.1, -0.05) is 87.5 Å². The number of carboxylic acid groups (broad SMARTS) is 1. The van der Waals surface area contributed by atoms with Crippen molar-refractivity contribution in [3.05, 3.63) is 111 Å². The molecule has 0 aliphatic rings. The lowest BCUT2D eigenvalue weighted by Crippen LogP contribution is -2.56. The average Bonchev–Trinajstić information content (AvgIpc) is 3.08. The number of aromatic nitrogens is 1. The van der Waals surface area contributed by atoms with Crippen molar-refractivity contribution in [3.8, 4) is 5.75 Å². The Morgan fingerprint density at radius 2 is 1.32 bits per heavy atom. The van der Waals surface area contributed by atoms with E-state index >= 15 is 0 Å². The highest BCUT2D eigenvalue weighted by Gasteiger charge is 2.31. The summed E-state index contributed by atoms with van der Waals surface area (Å²) >= 11 is 0. The number of hydrogen-bond donors (Lipinski definition) is 6. The van der Waals surface area contributed by atoms with Gasteiger partial charge in [-0.2, -0.15) is 0 Å². The van der Waals surface area contributed by atoms with Gasteiger partial charge in [0.2, 0.25) is 17.7 Å². The Kier molecular flexibility index (Phi) is 11.8. The molecule has 3 aromatic carbocycles. The number of aliphatic carboxylic acids is 1. The molecule has 4 amide bonds. The van der Waals surface area contributed by atoms with Crippen LogP contribution in [-0.2, 0) is 45.6 Å². The van der Waals surface area contributed by atoms with Gasteiger partial charge in [0.1, 0.15) is 29.9 Å². The second-order valence-corrected chi connectivity index (χ2v) is 13.0. The smallest absolute Gasteiger partial charge is 0.322 e. The fourth-order valence-corrected chi connectivity index (χ4v) is 5.21. The molecule has 4 aromatic rings. The fourth-order valence-electron chi connectivity index (χ4n) is 5.21. The molecule has 13 heteroatoms. The molecule has 0 bridgehead atoms. The number of carbonyl (C=O) groups is 5. The monoisotopic (exact) mass is 683 g/mol. The van der Waals surface area contributed by atoms with Gasteiger partial charge in [-0.3, -0.25) is 28.8 Å². The number of carbonyl (C=O) groups excluding carboxylic acids is 4. The first-order valence-electron chi connectivity index (χ1n) is 16.0. The third-order valence-electron chi connectivity index (χ3n) is 8.03. The summed E-state index contributed by atoms with van der Waals surface area (Å²) in [5.74, 6) is -4.37. The molecule has 0 saturated carbocycles. The molecule has 0 spiro atoms. The van der Waals surface area contributed by atoms with Crippen LogP contribution in [0, 0.1) is 5.41 Å². The van der Waals surface area contributed by atoms with Crippen molar-refractivity contribution in [2.45, 2.75) is 52.2 Å². The number of fused-ring (bicyclic) bond motifs is 1. The number of carboxylic acids is 1. The summed E-state index contributed by atoms with van der Waals surface area (Å²) in [4.78, 5) is 76.8. The van der Waals surface area contributed by atoms with Crippen molar-refractivity contribution in [2.75, 3.05) is 6.54 Å². The minimum atomic E-state index is -1.32. The van der Waals surface area contributed by atoms with Gasteiger partial charge in [0, 0.05) is 37.2 Å². The van der Waals surface area contributed by atoms with Gasteiger partial charge in [0.25, 0.3) is 11.5 Å². The number of nitrogens with zero attached hydrogens (tertiary/aromatic N) is 1. The van der Waals surface area contributed by atoms with E-state index in [-0.39, 0.29) is 30.7 Å². The first-order valence-corrected chi connectivity index (χ1v) is 16.0. The molecule has 0 radical (unpaired) electrons. The highest BCUT2D eigenvalue weighted by Crippen LogP contribution is 2.27. The third kappa shape index (κ3) is 9.34. The number of benzene rings is 3. The molecule has 0 aliphatic heterocycles. The second kappa shape index (κ2) is 15.9. The van der Waals surface area contributed by atoms with E-state index in [0.717, 1.165) is 15.7 Å². The zero-order chi connectivity index (χ0) is 36.6. The predicted molar refractivity (Wildman–Crippen MR) is 186 cm³/mol. The molecular weight excluding hydrogens is 642 g/mol. The van der Waals surface area contributed by atoms with Crippen LogP contribution < -0.4 is 26.8 Å². The SMILES string of the molecule is Cn1c(=O)c(C(=O)NCC(=O)O)c(O)c2cc(CNC(=O)[C@H](Cc3ccccc3)NC(=O)[C@H](Cc3ccccc3)NC(=O)C(C)(C)C)ccc21. The quantitative estimate of drug-likeness (QED) is 0.123. The molecule has 0 fully saturated rings. The summed E-state index contributed by atoms with van der Waals surface area (Å²) in [5.41, 5.74) is 0.218. The summed E-state index contributed by atoms with van der Waals surface area (Å²) < 4.78 is 1.16. The molecule has 13 nitrogen and oxygen atoms in total. The van der Waals surface area contributed by atoms with E-state index in [9.17, 15) is 33.9 Å². The van der Waals surface area contributed by atoms with Crippen LogP contribution in [0.1, 0.15) is 47.8 Å². The highest BCUT2D eigenvalue weighted by molar-refractivity contribution is 6.03. The minimum absolute atomic E-state index is 0.0486. The normalized spacial score (nSPS) is 12.4. The van der Waals surface area contributed by atoms with Gasteiger partial charge in [-0.25, -0.2) is 0 Å². The van der Waals surface area contributed by atoms with Gasteiger partial charge in [0.15, 0.2) is 0 Å². The number of nitrogens with one attached hydrogen (secondary N) is 4. The van der Waals surface area contributed by atoms with Gasteiger partial charge in [-0.15, -0.1) is 0 Å². The topological polar surface area (TPSA) is 196 Å². The van der Waals surface area contributed by atoms with E-state index in [2.05, 4.69) is 21.3 Å². The fraction of sp³-hybridized carbons (Fsp3) is 0.297. The summed E-state index contributed by atoms with van der Waals surface area (Å²) in [5, 5.41) is 30.5. The molecule has 1 heterocycles. The van der Waals surface area contributed by atoms with E-state index < -0.39 is 64.6 Å². The Morgan fingerprint density at radius 1 is 0.760 bits per heavy atom. The number of pyridine rings is 1. The zero-order valence-electron chi connectivity index (χ0n) is 28.3. The van der Waals surface area contributed by atoms with Crippen LogP contribution in [0.3, 0.4) is 0 Å². The zero-order valence-corrected chi connectivity index (χ0v) is 28.3. The molecule has 0 unspecified atom stereocenters. The maximum Gasteiger partial charge on any atom is 0.322 e. The van der Waals surface area contributed by atoms with Crippen LogP contribution in [0.4, 0.5) is 0 Å². The van der Waals surface area contributed by atoms with Crippen molar-refractivity contribution in [1.82, 2.24) is 25.8 Å². The number of aryl methyl sites for hydroxylation is 1. The Morgan fingerprint density at radius 3 is 1.86 bits per heavy atom. The molecule has 0 saturated heterocycles. The molecule has 262 valence electrons. The van der Waals surface area contributed by atoms with E-state index in [1.165, 1.54) is 13.1 Å². The maximum absolute atomic E-state index is 13.8. The van der Waals surface area contributed by atoms with Crippen molar-refractivity contribution < 1.29 is 34.2 Å². The number of amides is 4. The van der Waals surface area contributed by atoms with Crippen molar-refractivity contribution in [2.24, 2.45) is 12.5 Å². The lowest BCUT2D eigenvalue weighted by atomic mass is 9.94. The van der Waals surface area contributed by atoms with Crippen LogP contribution in [0.5, 0.6) is 5.75 Å². The molecule has 50 heavy (non-hydrogen) atoms. The van der Waals surface area contributed by atoms with Crippen molar-refractivity contribution >= 4 is 40.5 Å². The van der Waals surface area contributed by atoms with Crippen LogP contribution >= 0.6 is 0 Å². The number of rotatable bonds is 13. The summed E-state index contributed by atoms with van der Waals surface area (Å²) in [6.45, 7) is 4.43. The maximum atomic E-state index is 13.8. The Hall–Kier alpha value is -5.98. The predicted octanol–water partition coefficient (Wildman–Crippen LogP) is 2.18. The lowest BCUT2D eigenvalue weighted by molar-refractivity contribution is -0.136.